The number of hydrogen-bond donors (Lipinski definition) is 1. The molecule has 1 aromatic rings. The monoisotopic (exact) mass is 177 g/mol. The van der Waals surface area contributed by atoms with Crippen LogP contribution in [-0.4, -0.2) is 17.5 Å². The van der Waals surface area contributed by atoms with E-state index in [-0.39, 0.29) is 0 Å². The van der Waals surface area contributed by atoms with Gasteiger partial charge in [0, 0.05) is 5.56 Å². The molecule has 0 spiro atoms. The minimum Gasteiger partial charge on any atom is -0.479 e. The molecule has 0 radical (unpaired) electrons. The number of carboxylic acid groups (broad SMARTS) is 1. The van der Waals surface area contributed by atoms with E-state index in [0.717, 1.165) is 0 Å². The Bertz CT molecular complexity index is 373. The molecule has 1 aromatic carbocycles. The van der Waals surface area contributed by atoms with Crippen molar-refractivity contribution in [2.75, 3.05) is 0 Å². The molecular formula is C9H7NO3. The van der Waals surface area contributed by atoms with Crippen LogP contribution in [0.1, 0.15) is 11.6 Å². The van der Waals surface area contributed by atoms with Gasteiger partial charge in [0.05, 0.1) is 0 Å². The highest BCUT2D eigenvalue weighted by atomic mass is 16.5. The van der Waals surface area contributed by atoms with E-state index in [4.69, 9.17) is 9.84 Å². The van der Waals surface area contributed by atoms with Crippen molar-refractivity contribution in [2.45, 2.75) is 6.04 Å². The largest absolute Gasteiger partial charge is 0.479 e. The summed E-state index contributed by atoms with van der Waals surface area (Å²) in [7, 11) is 0. The van der Waals surface area contributed by atoms with Crippen molar-refractivity contribution in [3.8, 4) is 5.75 Å². The Morgan fingerprint density at radius 3 is 3.00 bits per heavy atom. The molecule has 4 heteroatoms. The van der Waals surface area contributed by atoms with Gasteiger partial charge in [-0.15, -0.1) is 0 Å². The second kappa shape index (κ2) is 2.90. The van der Waals surface area contributed by atoms with Gasteiger partial charge in [0.25, 0.3) is 0 Å². The van der Waals surface area contributed by atoms with E-state index in [0.29, 0.717) is 11.3 Å². The standard InChI is InChI=1S/C9H7NO3/c11-9(12)8-6-3-1-2-4-7(6)13-5-10-8/h1-5,8H,(H,11,12). The second-order valence-corrected chi connectivity index (χ2v) is 2.65. The molecule has 1 heterocycles. The highest BCUT2D eigenvalue weighted by Gasteiger charge is 2.24. The molecule has 1 aliphatic heterocycles. The number of para-hydroxylation sites is 1. The molecule has 1 unspecified atom stereocenters. The highest BCUT2D eigenvalue weighted by Crippen LogP contribution is 2.29. The molecule has 66 valence electrons. The highest BCUT2D eigenvalue weighted by molar-refractivity contribution is 5.80. The van der Waals surface area contributed by atoms with E-state index >= 15 is 0 Å². The van der Waals surface area contributed by atoms with Gasteiger partial charge in [-0.25, -0.2) is 9.79 Å². The summed E-state index contributed by atoms with van der Waals surface area (Å²) in [6.45, 7) is 0. The molecule has 0 aliphatic carbocycles. The SMILES string of the molecule is O=C(O)C1N=COc2ccccc21. The fraction of sp³-hybridized carbons (Fsp3) is 0.111. The number of benzene rings is 1. The van der Waals surface area contributed by atoms with Gasteiger partial charge >= 0.3 is 5.97 Å². The number of carboxylic acids is 1. The normalized spacial score (nSPS) is 18.9. The zero-order valence-electron chi connectivity index (χ0n) is 6.68. The molecule has 0 bridgehead atoms. The molecule has 0 aromatic heterocycles. The quantitative estimate of drug-likeness (QED) is 0.701. The molecule has 0 saturated carbocycles. The number of rotatable bonds is 1. The predicted octanol–water partition coefficient (Wildman–Crippen LogP) is 1.23. The lowest BCUT2D eigenvalue weighted by molar-refractivity contribution is -0.138. The Morgan fingerprint density at radius 1 is 1.46 bits per heavy atom. The van der Waals surface area contributed by atoms with Crippen molar-refractivity contribution in [3.63, 3.8) is 0 Å². The van der Waals surface area contributed by atoms with Gasteiger partial charge in [-0.3, -0.25) is 0 Å². The van der Waals surface area contributed by atoms with E-state index < -0.39 is 12.0 Å². The number of fused-ring (bicyclic) bond motifs is 1. The summed E-state index contributed by atoms with van der Waals surface area (Å²) in [5.41, 5.74) is 0.595. The first-order valence-electron chi connectivity index (χ1n) is 3.79. The number of nitrogens with zero attached hydrogens (tertiary/aromatic N) is 1. The Labute approximate surface area is 74.5 Å². The Balaban J connectivity index is 2.48. The predicted molar refractivity (Wildman–Crippen MR) is 45.9 cm³/mol. The van der Waals surface area contributed by atoms with Crippen LogP contribution in [0, 0.1) is 0 Å². The third-order valence-corrected chi connectivity index (χ3v) is 1.84. The molecule has 0 amide bonds. The van der Waals surface area contributed by atoms with Crippen LogP contribution in [0.2, 0.25) is 0 Å². The molecule has 1 atom stereocenters. The van der Waals surface area contributed by atoms with Gasteiger partial charge in [0.1, 0.15) is 5.75 Å². The second-order valence-electron chi connectivity index (χ2n) is 2.65. The third kappa shape index (κ3) is 1.26. The molecule has 1 aliphatic rings. The van der Waals surface area contributed by atoms with Crippen LogP contribution in [-0.2, 0) is 4.79 Å². The van der Waals surface area contributed by atoms with Crippen molar-refractivity contribution >= 4 is 12.4 Å². The van der Waals surface area contributed by atoms with Crippen molar-refractivity contribution in [1.82, 2.24) is 0 Å². The smallest absolute Gasteiger partial charge is 0.333 e. The molecule has 4 nitrogen and oxygen atoms in total. The van der Waals surface area contributed by atoms with E-state index in [2.05, 4.69) is 4.99 Å². The first-order valence-corrected chi connectivity index (χ1v) is 3.79. The van der Waals surface area contributed by atoms with Gasteiger partial charge in [0.15, 0.2) is 12.4 Å². The number of hydrogen-bond acceptors (Lipinski definition) is 3. The van der Waals surface area contributed by atoms with Crippen molar-refractivity contribution in [3.05, 3.63) is 29.8 Å². The molecule has 13 heavy (non-hydrogen) atoms. The summed E-state index contributed by atoms with van der Waals surface area (Å²) < 4.78 is 5.05. The maximum absolute atomic E-state index is 10.7. The fourth-order valence-corrected chi connectivity index (χ4v) is 1.24. The summed E-state index contributed by atoms with van der Waals surface area (Å²) in [5, 5.41) is 8.82. The fourth-order valence-electron chi connectivity index (χ4n) is 1.24. The van der Waals surface area contributed by atoms with Crippen LogP contribution in [0.5, 0.6) is 5.75 Å². The molecule has 1 N–H and O–H groups in total. The van der Waals surface area contributed by atoms with Crippen LogP contribution in [0.4, 0.5) is 0 Å². The van der Waals surface area contributed by atoms with Gasteiger partial charge in [0.2, 0.25) is 0 Å². The van der Waals surface area contributed by atoms with Crippen molar-refractivity contribution in [1.29, 1.82) is 0 Å². The maximum Gasteiger partial charge on any atom is 0.333 e. The average Bonchev–Trinajstić information content (AvgIpc) is 2.17. The minimum absolute atomic E-state index is 0.560. The van der Waals surface area contributed by atoms with Crippen LogP contribution < -0.4 is 4.74 Å². The number of aliphatic carboxylic acids is 1. The van der Waals surface area contributed by atoms with E-state index in [1.165, 1.54) is 6.40 Å². The maximum atomic E-state index is 10.7. The van der Waals surface area contributed by atoms with Gasteiger partial charge in [-0.2, -0.15) is 0 Å². The Hall–Kier alpha value is -1.84. The molecule has 0 fully saturated rings. The van der Waals surface area contributed by atoms with Crippen LogP contribution in [0.15, 0.2) is 29.3 Å². The molecular weight excluding hydrogens is 170 g/mol. The molecule has 0 saturated heterocycles. The summed E-state index contributed by atoms with van der Waals surface area (Å²) >= 11 is 0. The summed E-state index contributed by atoms with van der Waals surface area (Å²) in [6.07, 6.45) is 1.17. The zero-order chi connectivity index (χ0) is 9.26. The van der Waals surface area contributed by atoms with Crippen LogP contribution in [0.3, 0.4) is 0 Å². The summed E-state index contributed by atoms with van der Waals surface area (Å²) in [4.78, 5) is 14.5. The lowest BCUT2D eigenvalue weighted by Gasteiger charge is -2.15. The van der Waals surface area contributed by atoms with Crippen LogP contribution in [0.25, 0.3) is 0 Å². The van der Waals surface area contributed by atoms with E-state index in [1.807, 2.05) is 0 Å². The van der Waals surface area contributed by atoms with Crippen LogP contribution >= 0.6 is 0 Å². The lowest BCUT2D eigenvalue weighted by atomic mass is 10.1. The number of aliphatic imine (C=N–C) groups is 1. The first-order chi connectivity index (χ1) is 6.29. The first kappa shape index (κ1) is 7.79. The molecule has 2 rings (SSSR count). The summed E-state index contributed by atoms with van der Waals surface area (Å²) in [5.74, 6) is -0.406. The number of carbonyl (C=O) groups is 1. The van der Waals surface area contributed by atoms with Gasteiger partial charge < -0.3 is 9.84 Å². The number of ether oxygens (including phenoxy) is 1. The lowest BCUT2D eigenvalue weighted by Crippen LogP contribution is -2.15. The summed E-state index contributed by atoms with van der Waals surface area (Å²) in [6, 6.07) is 6.14. The zero-order valence-corrected chi connectivity index (χ0v) is 6.68. The van der Waals surface area contributed by atoms with E-state index in [1.54, 1.807) is 24.3 Å². The van der Waals surface area contributed by atoms with Gasteiger partial charge in [-0.05, 0) is 6.07 Å². The average molecular weight is 177 g/mol. The minimum atomic E-state index is -0.966. The van der Waals surface area contributed by atoms with Crippen molar-refractivity contribution in [2.24, 2.45) is 4.99 Å². The van der Waals surface area contributed by atoms with E-state index in [9.17, 15) is 4.79 Å². The van der Waals surface area contributed by atoms with Crippen molar-refractivity contribution < 1.29 is 14.6 Å². The Morgan fingerprint density at radius 2 is 2.23 bits per heavy atom. The topological polar surface area (TPSA) is 58.9 Å². The Kier molecular flexibility index (Phi) is 1.73. The third-order valence-electron chi connectivity index (χ3n) is 1.84. The van der Waals surface area contributed by atoms with Gasteiger partial charge in [-0.1, -0.05) is 18.2 Å².